The minimum Gasteiger partial charge on any atom is -0.338 e. The molecule has 2 rings (SSSR count). The quantitative estimate of drug-likeness (QED) is 0.797. The summed E-state index contributed by atoms with van der Waals surface area (Å²) < 4.78 is 22.9. The third-order valence-corrected chi connectivity index (χ3v) is 5.18. The van der Waals surface area contributed by atoms with Crippen molar-refractivity contribution < 1.29 is 13.2 Å². The molecule has 21 heavy (non-hydrogen) atoms. The number of halogens is 1. The van der Waals surface area contributed by atoms with Gasteiger partial charge in [-0.05, 0) is 49.4 Å². The van der Waals surface area contributed by atoms with Crippen LogP contribution in [0.5, 0.6) is 0 Å². The Labute approximate surface area is 130 Å². The van der Waals surface area contributed by atoms with E-state index in [9.17, 15) is 13.2 Å². The largest absolute Gasteiger partial charge is 0.338 e. The van der Waals surface area contributed by atoms with E-state index < -0.39 is 9.05 Å². The van der Waals surface area contributed by atoms with Gasteiger partial charge in [-0.25, -0.2) is 8.42 Å². The minimum atomic E-state index is -3.82. The zero-order chi connectivity index (χ0) is 15.6. The van der Waals surface area contributed by atoms with Crippen LogP contribution in [0.2, 0.25) is 0 Å². The highest BCUT2D eigenvalue weighted by Crippen LogP contribution is 2.24. The van der Waals surface area contributed by atoms with Crippen molar-refractivity contribution in [2.45, 2.75) is 38.0 Å². The first-order valence-electron chi connectivity index (χ1n) is 7.17. The summed E-state index contributed by atoms with van der Waals surface area (Å²) in [5, 5.41) is 0. The van der Waals surface area contributed by atoms with Gasteiger partial charge >= 0.3 is 0 Å². The number of carbonyl (C=O) groups excluding carboxylic acids is 1. The molecule has 0 aliphatic carbocycles. The Morgan fingerprint density at radius 1 is 1.38 bits per heavy atom. The molecule has 116 valence electrons. The van der Waals surface area contributed by atoms with Crippen LogP contribution in [-0.4, -0.2) is 32.3 Å². The maximum atomic E-state index is 12.5. The highest BCUT2D eigenvalue weighted by molar-refractivity contribution is 8.13. The standard InChI is InChI=1S/C15H20ClNO3S/c1-3-4-12-5-6-17(10-12)15(18)13-7-11(2)8-14(9-13)21(16,19)20/h7-9,12H,3-6,10H2,1-2H3. The van der Waals surface area contributed by atoms with Crippen LogP contribution in [0.4, 0.5) is 0 Å². The topological polar surface area (TPSA) is 54.5 Å². The number of benzene rings is 1. The van der Waals surface area contributed by atoms with Gasteiger partial charge in [0.05, 0.1) is 4.90 Å². The van der Waals surface area contributed by atoms with Gasteiger partial charge in [-0.2, -0.15) is 0 Å². The Bertz CT molecular complexity index is 642. The number of hydrogen-bond acceptors (Lipinski definition) is 3. The maximum Gasteiger partial charge on any atom is 0.261 e. The zero-order valence-corrected chi connectivity index (χ0v) is 13.9. The summed E-state index contributed by atoms with van der Waals surface area (Å²) in [6, 6.07) is 4.55. The van der Waals surface area contributed by atoms with Crippen molar-refractivity contribution in [3.05, 3.63) is 29.3 Å². The van der Waals surface area contributed by atoms with Crippen molar-refractivity contribution in [3.63, 3.8) is 0 Å². The highest BCUT2D eigenvalue weighted by atomic mass is 35.7. The van der Waals surface area contributed by atoms with Gasteiger partial charge in [0.25, 0.3) is 15.0 Å². The van der Waals surface area contributed by atoms with E-state index in [0.717, 1.165) is 32.4 Å². The second kappa shape index (κ2) is 6.36. The van der Waals surface area contributed by atoms with Crippen molar-refractivity contribution in [1.82, 2.24) is 4.90 Å². The molecule has 1 aromatic carbocycles. The Hall–Kier alpha value is -1.07. The summed E-state index contributed by atoms with van der Waals surface area (Å²) in [6.07, 6.45) is 3.26. The molecule has 6 heteroatoms. The van der Waals surface area contributed by atoms with Gasteiger partial charge in [-0.3, -0.25) is 4.79 Å². The number of amides is 1. The van der Waals surface area contributed by atoms with Crippen LogP contribution in [0.3, 0.4) is 0 Å². The van der Waals surface area contributed by atoms with Crippen LogP contribution in [0.25, 0.3) is 0 Å². The second-order valence-corrected chi connectivity index (χ2v) is 8.23. The summed E-state index contributed by atoms with van der Waals surface area (Å²) in [5.41, 5.74) is 1.11. The van der Waals surface area contributed by atoms with Crippen molar-refractivity contribution in [1.29, 1.82) is 0 Å². The Morgan fingerprint density at radius 2 is 2.10 bits per heavy atom. The summed E-state index contributed by atoms with van der Waals surface area (Å²) >= 11 is 0. The number of likely N-dealkylation sites (tertiary alicyclic amines) is 1. The van der Waals surface area contributed by atoms with E-state index in [2.05, 4.69) is 6.92 Å². The smallest absolute Gasteiger partial charge is 0.261 e. The van der Waals surface area contributed by atoms with Gasteiger partial charge in [0, 0.05) is 29.3 Å². The van der Waals surface area contributed by atoms with Crippen molar-refractivity contribution >= 4 is 25.6 Å². The van der Waals surface area contributed by atoms with Gasteiger partial charge < -0.3 is 4.90 Å². The van der Waals surface area contributed by atoms with Crippen LogP contribution in [0.15, 0.2) is 23.1 Å². The molecule has 1 unspecified atom stereocenters. The second-order valence-electron chi connectivity index (χ2n) is 5.67. The summed E-state index contributed by atoms with van der Waals surface area (Å²) in [4.78, 5) is 14.3. The van der Waals surface area contributed by atoms with Gasteiger partial charge in [0.15, 0.2) is 0 Å². The van der Waals surface area contributed by atoms with Crippen molar-refractivity contribution in [2.75, 3.05) is 13.1 Å². The Kier molecular flexibility index (Phi) is 4.94. The minimum absolute atomic E-state index is 0.0168. The number of aryl methyl sites for hydroxylation is 1. The summed E-state index contributed by atoms with van der Waals surface area (Å²) in [5.74, 6) is 0.443. The molecule has 1 heterocycles. The summed E-state index contributed by atoms with van der Waals surface area (Å²) in [6.45, 7) is 5.39. The van der Waals surface area contributed by atoms with Crippen LogP contribution < -0.4 is 0 Å². The van der Waals surface area contributed by atoms with E-state index in [1.807, 2.05) is 0 Å². The van der Waals surface area contributed by atoms with Crippen LogP contribution >= 0.6 is 10.7 Å². The fourth-order valence-electron chi connectivity index (χ4n) is 2.86. The SMILES string of the molecule is CCCC1CCN(C(=O)c2cc(C)cc(S(=O)(=O)Cl)c2)C1. The lowest BCUT2D eigenvalue weighted by Crippen LogP contribution is -2.28. The first-order valence-corrected chi connectivity index (χ1v) is 9.48. The molecule has 0 bridgehead atoms. The number of hydrogen-bond donors (Lipinski definition) is 0. The monoisotopic (exact) mass is 329 g/mol. The molecule has 1 amide bonds. The molecule has 1 atom stereocenters. The molecule has 0 aromatic heterocycles. The molecule has 0 saturated carbocycles. The molecule has 0 radical (unpaired) electrons. The van der Waals surface area contributed by atoms with Gasteiger partial charge in [0.2, 0.25) is 0 Å². The van der Waals surface area contributed by atoms with Crippen molar-refractivity contribution in [2.24, 2.45) is 5.92 Å². The molecule has 1 aliphatic rings. The van der Waals surface area contributed by atoms with E-state index in [0.29, 0.717) is 17.0 Å². The fourth-order valence-corrected chi connectivity index (χ4v) is 3.72. The molecule has 1 saturated heterocycles. The molecule has 1 aromatic rings. The normalized spacial score (nSPS) is 19.0. The maximum absolute atomic E-state index is 12.5. The number of rotatable bonds is 4. The molecule has 1 aliphatic heterocycles. The molecular formula is C15H20ClNO3S. The Balaban J connectivity index is 2.22. The lowest BCUT2D eigenvalue weighted by atomic mass is 10.0. The number of carbonyl (C=O) groups is 1. The van der Waals surface area contributed by atoms with E-state index >= 15 is 0 Å². The average molecular weight is 330 g/mol. The lowest BCUT2D eigenvalue weighted by molar-refractivity contribution is 0.0786. The molecule has 0 N–H and O–H groups in total. The molecule has 1 fully saturated rings. The third-order valence-electron chi connectivity index (χ3n) is 3.85. The number of nitrogens with zero attached hydrogens (tertiary/aromatic N) is 1. The van der Waals surface area contributed by atoms with Gasteiger partial charge in [-0.1, -0.05) is 13.3 Å². The van der Waals surface area contributed by atoms with Gasteiger partial charge in [-0.15, -0.1) is 0 Å². The highest BCUT2D eigenvalue weighted by Gasteiger charge is 2.27. The fraction of sp³-hybridized carbons (Fsp3) is 0.533. The molecular weight excluding hydrogens is 310 g/mol. The van der Waals surface area contributed by atoms with Gasteiger partial charge in [0.1, 0.15) is 0 Å². The lowest BCUT2D eigenvalue weighted by Gasteiger charge is -2.17. The van der Waals surface area contributed by atoms with E-state index in [1.54, 1.807) is 17.9 Å². The van der Waals surface area contributed by atoms with E-state index in [-0.39, 0.29) is 10.8 Å². The summed E-state index contributed by atoms with van der Waals surface area (Å²) in [7, 11) is 1.56. The van der Waals surface area contributed by atoms with E-state index in [4.69, 9.17) is 10.7 Å². The molecule has 0 spiro atoms. The third kappa shape index (κ3) is 3.98. The van der Waals surface area contributed by atoms with Crippen molar-refractivity contribution in [3.8, 4) is 0 Å². The predicted octanol–water partition coefficient (Wildman–Crippen LogP) is 3.18. The molecule has 4 nitrogen and oxygen atoms in total. The zero-order valence-electron chi connectivity index (χ0n) is 12.3. The van der Waals surface area contributed by atoms with Crippen LogP contribution in [-0.2, 0) is 9.05 Å². The Morgan fingerprint density at radius 3 is 2.71 bits per heavy atom. The predicted molar refractivity (Wildman–Crippen MR) is 83.1 cm³/mol. The first kappa shape index (κ1) is 16.3. The van der Waals surface area contributed by atoms with Crippen LogP contribution in [0.1, 0.15) is 42.1 Å². The average Bonchev–Trinajstić information content (AvgIpc) is 2.85. The first-order chi connectivity index (χ1) is 9.81. The van der Waals surface area contributed by atoms with E-state index in [1.165, 1.54) is 12.1 Å². The van der Waals surface area contributed by atoms with Crippen LogP contribution in [0, 0.1) is 12.8 Å².